The number of carbonyl (C=O) groups is 1. The molecule has 0 radical (unpaired) electrons. The molecule has 0 fully saturated rings. The van der Waals surface area contributed by atoms with Gasteiger partial charge < -0.3 is 10.2 Å². The lowest BCUT2D eigenvalue weighted by Gasteiger charge is -2.19. The van der Waals surface area contributed by atoms with E-state index in [9.17, 15) is 14.4 Å². The largest absolute Gasteiger partial charge is 0.367 e. The lowest BCUT2D eigenvalue weighted by Crippen LogP contribution is -2.37. The number of pyridine rings is 1. The Bertz CT molecular complexity index is 1520. The van der Waals surface area contributed by atoms with Crippen LogP contribution in [0.25, 0.3) is 11.0 Å². The van der Waals surface area contributed by atoms with Crippen molar-refractivity contribution in [3.05, 3.63) is 104 Å². The Kier molecular flexibility index (Phi) is 5.49. The molecule has 0 bridgehead atoms. The second-order valence-corrected chi connectivity index (χ2v) is 8.57. The number of rotatable bonds is 5. The van der Waals surface area contributed by atoms with Crippen LogP contribution < -0.4 is 21.5 Å². The quantitative estimate of drug-likeness (QED) is 0.498. The van der Waals surface area contributed by atoms with Gasteiger partial charge in [-0.05, 0) is 41.3 Å². The number of anilines is 1. The fourth-order valence-corrected chi connectivity index (χ4v) is 4.41. The van der Waals surface area contributed by atoms with Gasteiger partial charge in [0.25, 0.3) is 11.5 Å². The highest BCUT2D eigenvalue weighted by atomic mass is 16.2. The van der Waals surface area contributed by atoms with E-state index in [2.05, 4.69) is 51.6 Å². The molecule has 34 heavy (non-hydrogen) atoms. The predicted octanol–water partition coefficient (Wildman–Crippen LogP) is 2.12. The van der Waals surface area contributed by atoms with Crippen LogP contribution in [-0.2, 0) is 33.6 Å². The highest BCUT2D eigenvalue weighted by Gasteiger charge is 2.18. The minimum atomic E-state index is -0.486. The molecule has 1 amide bonds. The molecule has 0 saturated heterocycles. The molecule has 8 nitrogen and oxygen atoms in total. The number of amides is 1. The number of para-hydroxylation sites is 1. The number of hydrogen-bond donors (Lipinski definition) is 1. The summed E-state index contributed by atoms with van der Waals surface area (Å²) in [5.74, 6) is -0.368. The zero-order valence-electron chi connectivity index (χ0n) is 19.1. The molecule has 0 saturated carbocycles. The Morgan fingerprint density at radius 3 is 2.47 bits per heavy atom. The van der Waals surface area contributed by atoms with Crippen molar-refractivity contribution in [1.82, 2.24) is 19.4 Å². The first-order chi connectivity index (χ1) is 16.4. The number of fused-ring (bicyclic) bond motifs is 2. The average Bonchev–Trinajstić information content (AvgIpc) is 3.28. The number of carbonyl (C=O) groups excluding carboxylic acids is 1. The number of hydrogen-bond acceptors (Lipinski definition) is 5. The zero-order valence-corrected chi connectivity index (χ0v) is 19.1. The Labute approximate surface area is 196 Å². The van der Waals surface area contributed by atoms with Crippen LogP contribution in [-0.4, -0.2) is 26.6 Å². The predicted molar refractivity (Wildman–Crippen MR) is 131 cm³/mol. The Morgan fingerprint density at radius 1 is 0.941 bits per heavy atom. The summed E-state index contributed by atoms with van der Waals surface area (Å²) < 4.78 is 2.29. The minimum Gasteiger partial charge on any atom is -0.367 e. The van der Waals surface area contributed by atoms with Crippen molar-refractivity contribution in [2.45, 2.75) is 19.5 Å². The van der Waals surface area contributed by atoms with Crippen molar-refractivity contribution in [3.63, 3.8) is 0 Å². The second kappa shape index (κ2) is 8.62. The Morgan fingerprint density at radius 2 is 1.68 bits per heavy atom. The summed E-state index contributed by atoms with van der Waals surface area (Å²) in [5, 5.41) is 3.15. The maximum absolute atomic E-state index is 12.7. The third kappa shape index (κ3) is 3.87. The summed E-state index contributed by atoms with van der Waals surface area (Å²) in [7, 11) is 2.95. The van der Waals surface area contributed by atoms with Gasteiger partial charge in [0.2, 0.25) is 0 Å². The van der Waals surface area contributed by atoms with Gasteiger partial charge in [0.1, 0.15) is 11.3 Å². The van der Waals surface area contributed by atoms with Crippen LogP contribution >= 0.6 is 0 Å². The molecular formula is C26H25N5O3. The van der Waals surface area contributed by atoms with Gasteiger partial charge in [0.15, 0.2) is 0 Å². The van der Waals surface area contributed by atoms with Crippen LogP contribution in [0.3, 0.4) is 0 Å². The number of nitrogens with one attached hydrogen (secondary N) is 1. The van der Waals surface area contributed by atoms with Crippen molar-refractivity contribution in [1.29, 1.82) is 0 Å². The van der Waals surface area contributed by atoms with Gasteiger partial charge in [-0.1, -0.05) is 42.5 Å². The smallest absolute Gasteiger partial charge is 0.332 e. The molecule has 1 aliphatic rings. The van der Waals surface area contributed by atoms with E-state index < -0.39 is 11.2 Å². The summed E-state index contributed by atoms with van der Waals surface area (Å²) >= 11 is 0. The van der Waals surface area contributed by atoms with E-state index >= 15 is 0 Å². The van der Waals surface area contributed by atoms with Gasteiger partial charge in [-0.15, -0.1) is 0 Å². The van der Waals surface area contributed by atoms with E-state index in [0.717, 1.165) is 29.6 Å². The van der Waals surface area contributed by atoms with Crippen LogP contribution in [0.5, 0.6) is 0 Å². The maximum atomic E-state index is 12.7. The minimum absolute atomic E-state index is 0.153. The first-order valence-electron chi connectivity index (χ1n) is 11.2. The third-order valence-corrected chi connectivity index (χ3v) is 6.37. The molecule has 0 spiro atoms. The van der Waals surface area contributed by atoms with Gasteiger partial charge in [0, 0.05) is 39.4 Å². The van der Waals surface area contributed by atoms with Crippen LogP contribution in [0.4, 0.5) is 5.69 Å². The van der Waals surface area contributed by atoms with E-state index in [1.54, 1.807) is 0 Å². The number of benzene rings is 2. The first-order valence-corrected chi connectivity index (χ1v) is 11.2. The molecule has 172 valence electrons. The van der Waals surface area contributed by atoms with Crippen molar-refractivity contribution in [2.75, 3.05) is 11.4 Å². The molecule has 8 heteroatoms. The van der Waals surface area contributed by atoms with Crippen LogP contribution in [0.1, 0.15) is 27.2 Å². The summed E-state index contributed by atoms with van der Waals surface area (Å²) in [5.41, 5.74) is 4.30. The van der Waals surface area contributed by atoms with Gasteiger partial charge in [-0.25, -0.2) is 9.78 Å². The molecule has 1 N–H and O–H groups in total. The van der Waals surface area contributed by atoms with Crippen LogP contribution in [0.15, 0.2) is 70.3 Å². The maximum Gasteiger partial charge on any atom is 0.332 e. The van der Waals surface area contributed by atoms with Crippen LogP contribution in [0.2, 0.25) is 0 Å². The molecule has 5 rings (SSSR count). The Balaban J connectivity index is 1.26. The number of aryl methyl sites for hydroxylation is 1. The average molecular weight is 456 g/mol. The first kappa shape index (κ1) is 21.6. The van der Waals surface area contributed by atoms with Gasteiger partial charge >= 0.3 is 5.69 Å². The lowest BCUT2D eigenvalue weighted by molar-refractivity contribution is 0.0946. The molecule has 3 heterocycles. The molecule has 2 aromatic carbocycles. The standard InChI is InChI=1S/C26H25N5O3/c1-29-23-20(25(33)30(2)26(29)34)11-12-21(28-23)24(32)27-15-17-7-9-18(10-8-17)16-31-14-13-19-5-3-4-6-22(19)31/h3-12H,13-16H2,1-2H3,(H,27,32). The van der Waals surface area contributed by atoms with Crippen molar-refractivity contribution in [2.24, 2.45) is 14.1 Å². The van der Waals surface area contributed by atoms with E-state index in [-0.39, 0.29) is 22.6 Å². The van der Waals surface area contributed by atoms with Gasteiger partial charge in [-0.3, -0.25) is 18.7 Å². The summed E-state index contributed by atoms with van der Waals surface area (Å²) in [6, 6.07) is 19.7. The normalized spacial score (nSPS) is 12.7. The lowest BCUT2D eigenvalue weighted by atomic mass is 10.1. The van der Waals surface area contributed by atoms with E-state index in [1.807, 2.05) is 12.1 Å². The highest BCUT2D eigenvalue weighted by molar-refractivity contribution is 5.94. The highest BCUT2D eigenvalue weighted by Crippen LogP contribution is 2.28. The molecule has 0 aliphatic carbocycles. The fourth-order valence-electron chi connectivity index (χ4n) is 4.41. The molecule has 4 aromatic rings. The third-order valence-electron chi connectivity index (χ3n) is 6.37. The molecule has 0 atom stereocenters. The molecular weight excluding hydrogens is 430 g/mol. The summed E-state index contributed by atoms with van der Waals surface area (Å²) in [4.78, 5) is 43.8. The summed E-state index contributed by atoms with van der Waals surface area (Å²) in [6.45, 7) is 2.22. The zero-order chi connectivity index (χ0) is 23.8. The molecule has 1 aliphatic heterocycles. The van der Waals surface area contributed by atoms with Gasteiger partial charge in [0.05, 0.1) is 5.39 Å². The van der Waals surface area contributed by atoms with Crippen molar-refractivity contribution < 1.29 is 4.79 Å². The second-order valence-electron chi connectivity index (χ2n) is 8.57. The van der Waals surface area contributed by atoms with E-state index in [4.69, 9.17) is 0 Å². The van der Waals surface area contributed by atoms with E-state index in [0.29, 0.717) is 6.54 Å². The number of nitrogens with zero attached hydrogens (tertiary/aromatic N) is 4. The topological polar surface area (TPSA) is 89.2 Å². The SMILES string of the molecule is Cn1c(=O)c2ccc(C(=O)NCc3ccc(CN4CCc5ccccc54)cc3)nc2n(C)c1=O. The Hall–Kier alpha value is -4.20. The van der Waals surface area contributed by atoms with Crippen molar-refractivity contribution >= 4 is 22.6 Å². The van der Waals surface area contributed by atoms with Crippen molar-refractivity contribution in [3.8, 4) is 0 Å². The summed E-state index contributed by atoms with van der Waals surface area (Å²) in [6.07, 6.45) is 1.08. The van der Waals surface area contributed by atoms with Gasteiger partial charge in [-0.2, -0.15) is 0 Å². The molecule has 2 aromatic heterocycles. The fraction of sp³-hybridized carbons (Fsp3) is 0.231. The monoisotopic (exact) mass is 455 g/mol. The number of aromatic nitrogens is 3. The van der Waals surface area contributed by atoms with E-state index in [1.165, 1.54) is 47.6 Å². The van der Waals surface area contributed by atoms with Crippen LogP contribution in [0, 0.1) is 0 Å². The molecule has 0 unspecified atom stereocenters.